The van der Waals surface area contributed by atoms with E-state index in [-0.39, 0.29) is 5.82 Å². The Morgan fingerprint density at radius 1 is 1.35 bits per heavy atom. The van der Waals surface area contributed by atoms with Crippen LogP contribution in [0.1, 0.15) is 38.7 Å². The fraction of sp³-hybridized carbons (Fsp3) is 0.600. The fourth-order valence-corrected chi connectivity index (χ4v) is 2.72. The largest absolute Gasteiger partial charge is 0.314 e. The summed E-state index contributed by atoms with van der Waals surface area (Å²) >= 11 is 0. The summed E-state index contributed by atoms with van der Waals surface area (Å²) in [6.45, 7) is 5.53. The summed E-state index contributed by atoms with van der Waals surface area (Å²) in [5.74, 6) is -0.0824. The van der Waals surface area contributed by atoms with Crippen LogP contribution in [0.15, 0.2) is 24.3 Å². The molecule has 0 aliphatic heterocycles. The van der Waals surface area contributed by atoms with Crippen molar-refractivity contribution in [1.82, 2.24) is 5.32 Å². The standard InChI is InChI=1S/C15H22FN/c1-15(2)9-7-13(11-15)17-10-8-12-5-3-4-6-14(12)16/h3-6,13,17H,7-11H2,1-2H3. The van der Waals surface area contributed by atoms with Crippen molar-refractivity contribution in [3.8, 4) is 0 Å². The Hall–Kier alpha value is -0.890. The third-order valence-corrected chi connectivity index (χ3v) is 3.75. The topological polar surface area (TPSA) is 12.0 Å². The summed E-state index contributed by atoms with van der Waals surface area (Å²) in [7, 11) is 0. The van der Waals surface area contributed by atoms with Crippen LogP contribution in [0, 0.1) is 11.2 Å². The molecule has 1 aliphatic carbocycles. The molecule has 2 heteroatoms. The Kier molecular flexibility index (Phi) is 3.82. The monoisotopic (exact) mass is 235 g/mol. The highest BCUT2D eigenvalue weighted by Crippen LogP contribution is 2.36. The SMILES string of the molecule is CC1(C)CCC(NCCc2ccccc2F)C1. The van der Waals surface area contributed by atoms with Crippen molar-refractivity contribution in [2.75, 3.05) is 6.54 Å². The molecule has 0 amide bonds. The summed E-state index contributed by atoms with van der Waals surface area (Å²) in [5.41, 5.74) is 1.30. The average Bonchev–Trinajstić information content (AvgIpc) is 2.61. The van der Waals surface area contributed by atoms with E-state index in [1.165, 1.54) is 25.3 Å². The van der Waals surface area contributed by atoms with Crippen LogP contribution in [-0.2, 0) is 6.42 Å². The molecule has 94 valence electrons. The quantitative estimate of drug-likeness (QED) is 0.841. The zero-order valence-electron chi connectivity index (χ0n) is 10.8. The first-order chi connectivity index (χ1) is 8.07. The van der Waals surface area contributed by atoms with E-state index in [2.05, 4.69) is 19.2 Å². The van der Waals surface area contributed by atoms with Gasteiger partial charge >= 0.3 is 0 Å². The van der Waals surface area contributed by atoms with Gasteiger partial charge in [0.1, 0.15) is 5.82 Å². The van der Waals surface area contributed by atoms with Gasteiger partial charge in [-0.25, -0.2) is 4.39 Å². The zero-order valence-corrected chi connectivity index (χ0v) is 10.8. The first kappa shape index (κ1) is 12.6. The third kappa shape index (κ3) is 3.53. The molecule has 0 heterocycles. The Bertz CT molecular complexity index is 373. The fourth-order valence-electron chi connectivity index (χ4n) is 2.72. The molecule has 0 saturated heterocycles. The number of halogens is 1. The van der Waals surface area contributed by atoms with Gasteiger partial charge in [-0.15, -0.1) is 0 Å². The maximum atomic E-state index is 13.4. The smallest absolute Gasteiger partial charge is 0.126 e. The second-order valence-electron chi connectivity index (χ2n) is 5.90. The van der Waals surface area contributed by atoms with Crippen LogP contribution >= 0.6 is 0 Å². The van der Waals surface area contributed by atoms with E-state index in [0.29, 0.717) is 11.5 Å². The molecule has 1 fully saturated rings. The third-order valence-electron chi connectivity index (χ3n) is 3.75. The molecule has 1 nitrogen and oxygen atoms in total. The van der Waals surface area contributed by atoms with E-state index >= 15 is 0 Å². The number of rotatable bonds is 4. The van der Waals surface area contributed by atoms with Crippen molar-refractivity contribution in [2.45, 2.75) is 45.6 Å². The normalized spacial score (nSPS) is 22.9. The van der Waals surface area contributed by atoms with Crippen molar-refractivity contribution in [3.63, 3.8) is 0 Å². The summed E-state index contributed by atoms with van der Waals surface area (Å²) < 4.78 is 13.4. The first-order valence-electron chi connectivity index (χ1n) is 6.54. The molecule has 1 N–H and O–H groups in total. The molecule has 17 heavy (non-hydrogen) atoms. The van der Waals surface area contributed by atoms with Gasteiger partial charge in [-0.05, 0) is 49.3 Å². The summed E-state index contributed by atoms with van der Waals surface area (Å²) in [6, 6.07) is 7.67. The van der Waals surface area contributed by atoms with Crippen LogP contribution in [-0.4, -0.2) is 12.6 Å². The van der Waals surface area contributed by atoms with E-state index in [9.17, 15) is 4.39 Å². The molecule has 1 unspecified atom stereocenters. The molecule has 0 radical (unpaired) electrons. The lowest BCUT2D eigenvalue weighted by Gasteiger charge is -2.17. The average molecular weight is 235 g/mol. The predicted molar refractivity (Wildman–Crippen MR) is 69.5 cm³/mol. The van der Waals surface area contributed by atoms with Crippen molar-refractivity contribution in [3.05, 3.63) is 35.6 Å². The van der Waals surface area contributed by atoms with Crippen molar-refractivity contribution in [2.24, 2.45) is 5.41 Å². The van der Waals surface area contributed by atoms with Crippen LogP contribution in [0.2, 0.25) is 0 Å². The lowest BCUT2D eigenvalue weighted by Crippen LogP contribution is -2.29. The molecule has 0 bridgehead atoms. The molecule has 0 spiro atoms. The Morgan fingerprint density at radius 2 is 2.12 bits per heavy atom. The molecular weight excluding hydrogens is 213 g/mol. The number of hydrogen-bond donors (Lipinski definition) is 1. The number of hydrogen-bond acceptors (Lipinski definition) is 1. The molecular formula is C15H22FN. The highest BCUT2D eigenvalue weighted by atomic mass is 19.1. The van der Waals surface area contributed by atoms with Gasteiger partial charge in [0, 0.05) is 6.04 Å². The van der Waals surface area contributed by atoms with Gasteiger partial charge in [0.05, 0.1) is 0 Å². The zero-order chi connectivity index (χ0) is 12.3. The van der Waals surface area contributed by atoms with Gasteiger partial charge < -0.3 is 5.32 Å². The molecule has 1 aromatic rings. The molecule has 1 aromatic carbocycles. The highest BCUT2D eigenvalue weighted by molar-refractivity contribution is 5.17. The summed E-state index contributed by atoms with van der Waals surface area (Å²) in [4.78, 5) is 0. The Morgan fingerprint density at radius 3 is 2.76 bits per heavy atom. The highest BCUT2D eigenvalue weighted by Gasteiger charge is 2.30. The van der Waals surface area contributed by atoms with E-state index in [1.807, 2.05) is 12.1 Å². The van der Waals surface area contributed by atoms with Crippen molar-refractivity contribution in [1.29, 1.82) is 0 Å². The molecule has 1 saturated carbocycles. The van der Waals surface area contributed by atoms with Gasteiger partial charge in [-0.2, -0.15) is 0 Å². The van der Waals surface area contributed by atoms with Crippen molar-refractivity contribution >= 4 is 0 Å². The number of benzene rings is 1. The minimum absolute atomic E-state index is 0.0824. The summed E-state index contributed by atoms with van der Waals surface area (Å²) in [6.07, 6.45) is 4.57. The maximum absolute atomic E-state index is 13.4. The number of nitrogens with one attached hydrogen (secondary N) is 1. The summed E-state index contributed by atoms with van der Waals surface area (Å²) in [5, 5.41) is 3.55. The van der Waals surface area contributed by atoms with Crippen molar-refractivity contribution < 1.29 is 4.39 Å². The van der Waals surface area contributed by atoms with Crippen LogP contribution < -0.4 is 5.32 Å². The second kappa shape index (κ2) is 5.18. The van der Waals surface area contributed by atoms with Gasteiger partial charge in [-0.3, -0.25) is 0 Å². The van der Waals surface area contributed by atoms with E-state index in [4.69, 9.17) is 0 Å². The molecule has 1 aliphatic rings. The van der Waals surface area contributed by atoms with Crippen LogP contribution in [0.4, 0.5) is 4.39 Å². The van der Waals surface area contributed by atoms with Crippen LogP contribution in [0.25, 0.3) is 0 Å². The van der Waals surface area contributed by atoms with Gasteiger partial charge in [0.2, 0.25) is 0 Å². The molecule has 0 aromatic heterocycles. The van der Waals surface area contributed by atoms with Crippen LogP contribution in [0.5, 0.6) is 0 Å². The van der Waals surface area contributed by atoms with E-state index in [1.54, 1.807) is 6.07 Å². The minimum atomic E-state index is -0.0824. The lowest BCUT2D eigenvalue weighted by molar-refractivity contribution is 0.365. The van der Waals surface area contributed by atoms with Crippen LogP contribution in [0.3, 0.4) is 0 Å². The minimum Gasteiger partial charge on any atom is -0.314 e. The molecule has 1 atom stereocenters. The molecule has 2 rings (SSSR count). The second-order valence-corrected chi connectivity index (χ2v) is 5.90. The predicted octanol–water partition coefficient (Wildman–Crippen LogP) is 3.54. The van der Waals surface area contributed by atoms with E-state index < -0.39 is 0 Å². The van der Waals surface area contributed by atoms with Gasteiger partial charge in [0.15, 0.2) is 0 Å². The van der Waals surface area contributed by atoms with Gasteiger partial charge in [0.25, 0.3) is 0 Å². The van der Waals surface area contributed by atoms with E-state index in [0.717, 1.165) is 18.5 Å². The Balaban J connectivity index is 1.76. The van der Waals surface area contributed by atoms with Gasteiger partial charge in [-0.1, -0.05) is 32.0 Å². The first-order valence-corrected chi connectivity index (χ1v) is 6.54. The maximum Gasteiger partial charge on any atom is 0.126 e. The lowest BCUT2D eigenvalue weighted by atomic mass is 9.92. The Labute approximate surface area is 103 Å².